The lowest BCUT2D eigenvalue weighted by Gasteiger charge is -2.17. The van der Waals surface area contributed by atoms with Crippen LogP contribution in [0.25, 0.3) is 10.9 Å². The maximum absolute atomic E-state index is 12.5. The van der Waals surface area contributed by atoms with Crippen molar-refractivity contribution in [1.29, 1.82) is 0 Å². The first-order valence-electron chi connectivity index (χ1n) is 10.1. The maximum atomic E-state index is 12.5. The molecule has 5 nitrogen and oxygen atoms in total. The predicted octanol–water partition coefficient (Wildman–Crippen LogP) is 4.27. The fraction of sp³-hybridized carbons (Fsp3) is 0.375. The molecule has 0 spiro atoms. The number of aromatic nitrogens is 1. The Bertz CT molecular complexity index is 1030. The summed E-state index contributed by atoms with van der Waals surface area (Å²) in [5, 5.41) is 4.46. The number of nitrogens with one attached hydrogen (secondary N) is 2. The lowest BCUT2D eigenvalue weighted by atomic mass is 9.93. The molecule has 1 aliphatic carbocycles. The standard InChI is InChI=1S/C24H28N2O3/c1-16-23(18-6-4-5-7-19(18)26-16)24(12-13-24)15-25-22(27)11-9-17-8-10-20(28-2)21(14-17)29-3/h4-8,10,14,26H,9,11-13,15H2,1-3H3,(H,25,27). The second-order valence-corrected chi connectivity index (χ2v) is 7.92. The fourth-order valence-corrected chi connectivity index (χ4v) is 4.28. The lowest BCUT2D eigenvalue weighted by molar-refractivity contribution is -0.121. The summed E-state index contributed by atoms with van der Waals surface area (Å²) < 4.78 is 10.6. The van der Waals surface area contributed by atoms with Gasteiger partial charge in [-0.3, -0.25) is 4.79 Å². The van der Waals surface area contributed by atoms with Gasteiger partial charge < -0.3 is 19.8 Å². The summed E-state index contributed by atoms with van der Waals surface area (Å²) in [6.45, 7) is 2.83. The van der Waals surface area contributed by atoms with Gasteiger partial charge in [-0.05, 0) is 55.5 Å². The number of rotatable bonds is 8. The van der Waals surface area contributed by atoms with Gasteiger partial charge in [-0.2, -0.15) is 0 Å². The van der Waals surface area contributed by atoms with Crippen LogP contribution >= 0.6 is 0 Å². The molecule has 29 heavy (non-hydrogen) atoms. The van der Waals surface area contributed by atoms with Crippen LogP contribution in [0.5, 0.6) is 11.5 Å². The number of amides is 1. The van der Waals surface area contributed by atoms with Crippen LogP contribution in [0.4, 0.5) is 0 Å². The summed E-state index contributed by atoms with van der Waals surface area (Å²) in [7, 11) is 3.24. The molecule has 0 aliphatic heterocycles. The number of carbonyl (C=O) groups excluding carboxylic acids is 1. The van der Waals surface area contributed by atoms with Crippen LogP contribution in [0.2, 0.25) is 0 Å². The number of aryl methyl sites for hydroxylation is 2. The average Bonchev–Trinajstić information content (AvgIpc) is 3.44. The van der Waals surface area contributed by atoms with E-state index in [4.69, 9.17) is 9.47 Å². The molecule has 0 saturated heterocycles. The third-order valence-electron chi connectivity index (χ3n) is 5.99. The lowest BCUT2D eigenvalue weighted by Crippen LogP contribution is -2.32. The fourth-order valence-electron chi connectivity index (χ4n) is 4.28. The first kappa shape index (κ1) is 19.4. The SMILES string of the molecule is COc1ccc(CCC(=O)NCC2(c3c(C)[nH]c4ccccc34)CC2)cc1OC. The van der Waals surface area contributed by atoms with Crippen LogP contribution in [-0.4, -0.2) is 31.7 Å². The molecule has 1 aromatic heterocycles. The van der Waals surface area contributed by atoms with Crippen molar-refractivity contribution in [2.45, 2.75) is 38.0 Å². The molecular weight excluding hydrogens is 364 g/mol. The van der Waals surface area contributed by atoms with Crippen molar-refractivity contribution in [3.8, 4) is 11.5 Å². The minimum Gasteiger partial charge on any atom is -0.493 e. The quantitative estimate of drug-likeness (QED) is 0.602. The number of para-hydroxylation sites is 1. The Hall–Kier alpha value is -2.95. The monoisotopic (exact) mass is 392 g/mol. The van der Waals surface area contributed by atoms with Crippen molar-refractivity contribution >= 4 is 16.8 Å². The van der Waals surface area contributed by atoms with Gasteiger partial charge in [0.05, 0.1) is 14.2 Å². The van der Waals surface area contributed by atoms with Crippen LogP contribution in [0.3, 0.4) is 0 Å². The van der Waals surface area contributed by atoms with Gasteiger partial charge in [0.2, 0.25) is 5.91 Å². The maximum Gasteiger partial charge on any atom is 0.220 e. The zero-order valence-corrected chi connectivity index (χ0v) is 17.3. The van der Waals surface area contributed by atoms with Gasteiger partial charge in [-0.25, -0.2) is 0 Å². The molecule has 1 heterocycles. The van der Waals surface area contributed by atoms with Crippen LogP contribution in [0, 0.1) is 6.92 Å². The first-order valence-corrected chi connectivity index (χ1v) is 10.1. The highest BCUT2D eigenvalue weighted by molar-refractivity contribution is 5.86. The van der Waals surface area contributed by atoms with E-state index >= 15 is 0 Å². The Morgan fingerprint density at radius 2 is 1.86 bits per heavy atom. The topological polar surface area (TPSA) is 63.3 Å². The Morgan fingerprint density at radius 3 is 2.59 bits per heavy atom. The number of aromatic amines is 1. The van der Waals surface area contributed by atoms with Gasteiger partial charge in [0.1, 0.15) is 0 Å². The van der Waals surface area contributed by atoms with E-state index in [1.807, 2.05) is 18.2 Å². The summed E-state index contributed by atoms with van der Waals surface area (Å²) in [4.78, 5) is 16.0. The van der Waals surface area contributed by atoms with E-state index in [9.17, 15) is 4.79 Å². The van der Waals surface area contributed by atoms with Gasteiger partial charge in [0.25, 0.3) is 0 Å². The Morgan fingerprint density at radius 1 is 1.10 bits per heavy atom. The minimum atomic E-state index is 0.0721. The highest BCUT2D eigenvalue weighted by atomic mass is 16.5. The molecule has 1 amide bonds. The van der Waals surface area contributed by atoms with Gasteiger partial charge in [0.15, 0.2) is 11.5 Å². The number of methoxy groups -OCH3 is 2. The van der Waals surface area contributed by atoms with E-state index in [-0.39, 0.29) is 11.3 Å². The highest BCUT2D eigenvalue weighted by Crippen LogP contribution is 2.51. The average molecular weight is 392 g/mol. The molecule has 1 aliphatic rings. The molecule has 0 radical (unpaired) electrons. The van der Waals surface area contributed by atoms with E-state index in [0.29, 0.717) is 30.9 Å². The van der Waals surface area contributed by atoms with Gasteiger partial charge in [0, 0.05) is 35.0 Å². The van der Waals surface area contributed by atoms with E-state index in [2.05, 4.69) is 41.5 Å². The van der Waals surface area contributed by atoms with Crippen molar-refractivity contribution in [2.24, 2.45) is 0 Å². The number of fused-ring (bicyclic) bond motifs is 1. The number of carbonyl (C=O) groups is 1. The third kappa shape index (κ3) is 3.82. The Balaban J connectivity index is 1.38. The molecule has 0 bridgehead atoms. The van der Waals surface area contributed by atoms with Crippen LogP contribution in [0.15, 0.2) is 42.5 Å². The summed E-state index contributed by atoms with van der Waals surface area (Å²) in [6.07, 6.45) is 3.36. The molecule has 0 atom stereocenters. The second-order valence-electron chi connectivity index (χ2n) is 7.92. The number of hydrogen-bond donors (Lipinski definition) is 2. The van der Waals surface area contributed by atoms with Crippen molar-refractivity contribution in [3.05, 3.63) is 59.3 Å². The summed E-state index contributed by atoms with van der Waals surface area (Å²) >= 11 is 0. The van der Waals surface area contributed by atoms with Crippen LogP contribution < -0.4 is 14.8 Å². The van der Waals surface area contributed by atoms with Crippen molar-refractivity contribution in [3.63, 3.8) is 0 Å². The molecule has 0 unspecified atom stereocenters. The largest absolute Gasteiger partial charge is 0.493 e. The first-order chi connectivity index (χ1) is 14.1. The molecular formula is C24H28N2O3. The van der Waals surface area contributed by atoms with Crippen LogP contribution in [-0.2, 0) is 16.6 Å². The summed E-state index contributed by atoms with van der Waals surface area (Å²) in [5.41, 5.74) is 4.89. The smallest absolute Gasteiger partial charge is 0.220 e. The van der Waals surface area contributed by atoms with E-state index in [1.165, 1.54) is 22.2 Å². The molecule has 2 N–H and O–H groups in total. The van der Waals surface area contributed by atoms with E-state index < -0.39 is 0 Å². The number of hydrogen-bond acceptors (Lipinski definition) is 3. The highest BCUT2D eigenvalue weighted by Gasteiger charge is 2.46. The minimum absolute atomic E-state index is 0.0721. The predicted molar refractivity (Wildman–Crippen MR) is 115 cm³/mol. The third-order valence-corrected chi connectivity index (χ3v) is 5.99. The number of ether oxygens (including phenoxy) is 2. The van der Waals surface area contributed by atoms with Crippen molar-refractivity contribution < 1.29 is 14.3 Å². The second kappa shape index (κ2) is 7.82. The molecule has 152 valence electrons. The molecule has 5 heteroatoms. The Labute approximate surface area is 171 Å². The number of H-pyrrole nitrogens is 1. The van der Waals surface area contributed by atoms with Crippen LogP contribution in [0.1, 0.15) is 36.1 Å². The molecule has 3 aromatic rings. The summed E-state index contributed by atoms with van der Waals surface area (Å²) in [5.74, 6) is 1.48. The van der Waals surface area contributed by atoms with Gasteiger partial charge >= 0.3 is 0 Å². The van der Waals surface area contributed by atoms with Gasteiger partial charge in [-0.15, -0.1) is 0 Å². The number of benzene rings is 2. The van der Waals surface area contributed by atoms with Crippen molar-refractivity contribution in [2.75, 3.05) is 20.8 Å². The molecule has 1 saturated carbocycles. The van der Waals surface area contributed by atoms with Gasteiger partial charge in [-0.1, -0.05) is 24.3 Å². The Kier molecular flexibility index (Phi) is 5.22. The summed E-state index contributed by atoms with van der Waals surface area (Å²) in [6, 6.07) is 14.2. The molecule has 4 rings (SSSR count). The van der Waals surface area contributed by atoms with Crippen molar-refractivity contribution in [1.82, 2.24) is 10.3 Å². The normalized spacial score (nSPS) is 14.6. The molecule has 1 fully saturated rings. The molecule has 2 aromatic carbocycles. The van der Waals surface area contributed by atoms with E-state index in [0.717, 1.165) is 18.4 Å². The zero-order chi connectivity index (χ0) is 20.4. The van der Waals surface area contributed by atoms with E-state index in [1.54, 1.807) is 14.2 Å². The zero-order valence-electron chi connectivity index (χ0n) is 17.3.